The van der Waals surface area contributed by atoms with E-state index < -0.39 is 0 Å². The molecule has 0 saturated heterocycles. The Morgan fingerprint density at radius 1 is 1.50 bits per heavy atom. The fourth-order valence-electron chi connectivity index (χ4n) is 0.525. The molecule has 0 heterocycles. The van der Waals surface area contributed by atoms with E-state index in [9.17, 15) is 0 Å². The maximum absolute atomic E-state index is 5.37. The quantitative estimate of drug-likeness (QED) is 0.593. The predicted octanol–water partition coefficient (Wildman–Crippen LogP) is 2.34. The summed E-state index contributed by atoms with van der Waals surface area (Å²) < 4.78 is 0.306. The van der Waals surface area contributed by atoms with Crippen molar-refractivity contribution in [2.75, 3.05) is 6.54 Å². The van der Waals surface area contributed by atoms with Gasteiger partial charge in [0.25, 0.3) is 0 Å². The van der Waals surface area contributed by atoms with Crippen LogP contribution in [0, 0.1) is 0 Å². The van der Waals surface area contributed by atoms with Gasteiger partial charge in [-0.15, -0.1) is 12.4 Å². The lowest BCUT2D eigenvalue weighted by Crippen LogP contribution is -2.29. The number of rotatable bonds is 4. The smallest absolute Gasteiger partial charge is 0.163 e. The molecule has 0 saturated carbocycles. The third-order valence-corrected chi connectivity index (χ3v) is 1.43. The Bertz CT molecular complexity index is 157. The molecule has 0 aromatic carbocycles. The normalized spacial score (nSPS) is 8.17. The molecule has 0 aromatic heterocycles. The molecule has 0 bridgehead atoms. The molecule has 0 spiro atoms. The minimum Gasteiger partial charge on any atom is -0.376 e. The fraction of sp³-hybridized carbons (Fsp3) is 0.500. The molecule has 0 radical (unpaired) electrons. The summed E-state index contributed by atoms with van der Waals surface area (Å²) in [6.07, 6.45) is 3.49. The number of nitrogens with two attached hydrogens (primary N) is 1. The van der Waals surface area contributed by atoms with Crippen LogP contribution in [0.25, 0.3) is 0 Å². The summed E-state index contributed by atoms with van der Waals surface area (Å²) in [6.45, 7) is 0.757. The zero-order valence-electron chi connectivity index (χ0n) is 6.35. The lowest BCUT2D eigenvalue weighted by molar-refractivity contribution is 0.791. The average Bonchev–Trinajstić information content (AvgIpc) is 1.85. The van der Waals surface area contributed by atoms with Crippen LogP contribution in [-0.4, -0.2) is 11.7 Å². The highest BCUT2D eigenvalue weighted by Gasteiger charge is 1.87. The fourth-order valence-corrected chi connectivity index (χ4v) is 0.845. The van der Waals surface area contributed by atoms with Crippen molar-refractivity contribution < 1.29 is 0 Å². The number of hydrogen-bond donors (Lipinski definition) is 2. The molecule has 0 unspecified atom stereocenters. The number of halogens is 3. The molecule has 6 heteroatoms. The van der Waals surface area contributed by atoms with E-state index in [1.807, 2.05) is 0 Å². The Morgan fingerprint density at radius 3 is 2.50 bits per heavy atom. The lowest BCUT2D eigenvalue weighted by atomic mass is 10.3. The summed E-state index contributed by atoms with van der Waals surface area (Å²) in [4.78, 5) is 0. The number of hydrogen-bond acceptors (Lipinski definition) is 1. The van der Waals surface area contributed by atoms with Crippen molar-refractivity contribution in [1.29, 1.82) is 0 Å². The minimum absolute atomic E-state index is 0. The summed E-state index contributed by atoms with van der Waals surface area (Å²) in [6, 6.07) is 0. The molecule has 0 aliphatic carbocycles. The maximum Gasteiger partial charge on any atom is 0.163 e. The first-order chi connectivity index (χ1) is 5.13. The van der Waals surface area contributed by atoms with Gasteiger partial charge in [0.05, 0.1) is 0 Å². The van der Waals surface area contributed by atoms with Gasteiger partial charge in [-0.05, 0) is 25.1 Å². The Balaban J connectivity index is 0. The van der Waals surface area contributed by atoms with E-state index in [-0.39, 0.29) is 12.4 Å². The van der Waals surface area contributed by atoms with Gasteiger partial charge in [0.2, 0.25) is 0 Å². The molecule has 0 aliphatic heterocycles. The Labute approximate surface area is 93.9 Å². The first-order valence-corrected chi connectivity index (χ1v) is 4.34. The molecule has 0 aliphatic rings. The number of thiocarbonyl (C=S) groups is 1. The molecule has 0 fully saturated rings. The summed E-state index contributed by atoms with van der Waals surface area (Å²) in [5.41, 5.74) is 5.19. The van der Waals surface area contributed by atoms with Crippen molar-refractivity contribution >= 4 is 52.9 Å². The van der Waals surface area contributed by atoms with Gasteiger partial charge in [-0.1, -0.05) is 29.3 Å². The summed E-state index contributed by atoms with van der Waals surface area (Å²) in [5.74, 6) is 0. The van der Waals surface area contributed by atoms with Gasteiger partial charge in [0.15, 0.2) is 5.11 Å². The largest absolute Gasteiger partial charge is 0.376 e. The van der Waals surface area contributed by atoms with Crippen molar-refractivity contribution in [3.63, 3.8) is 0 Å². The van der Waals surface area contributed by atoms with Crippen LogP contribution in [0.4, 0.5) is 0 Å². The van der Waals surface area contributed by atoms with E-state index >= 15 is 0 Å². The molecule has 0 atom stereocenters. The zero-order chi connectivity index (χ0) is 8.69. The second-order valence-electron chi connectivity index (χ2n) is 1.93. The topological polar surface area (TPSA) is 38.0 Å². The Kier molecular flexibility index (Phi) is 11.6. The van der Waals surface area contributed by atoms with Crippen LogP contribution in [0.15, 0.2) is 10.6 Å². The second kappa shape index (κ2) is 9.39. The Hall–Kier alpha value is 0.300. The van der Waals surface area contributed by atoms with Crippen LogP contribution in [0.3, 0.4) is 0 Å². The SMILES string of the molecule is Cl.NC(=S)NCCCC=C(Cl)Cl. The third-order valence-electron chi connectivity index (χ3n) is 0.979. The average molecular weight is 250 g/mol. The van der Waals surface area contributed by atoms with E-state index in [1.54, 1.807) is 6.08 Å². The molecule has 0 amide bonds. The van der Waals surface area contributed by atoms with Gasteiger partial charge in [-0.25, -0.2) is 0 Å². The van der Waals surface area contributed by atoms with E-state index in [1.165, 1.54) is 0 Å². The van der Waals surface area contributed by atoms with E-state index in [2.05, 4.69) is 17.5 Å². The van der Waals surface area contributed by atoms with Crippen molar-refractivity contribution in [1.82, 2.24) is 5.32 Å². The molecular formula is C6H11Cl3N2S. The van der Waals surface area contributed by atoms with E-state index in [0.29, 0.717) is 9.60 Å². The molecule has 3 N–H and O–H groups in total. The monoisotopic (exact) mass is 248 g/mol. The van der Waals surface area contributed by atoms with Crippen LogP contribution in [0.2, 0.25) is 0 Å². The molecular weight excluding hydrogens is 239 g/mol. The van der Waals surface area contributed by atoms with Crippen molar-refractivity contribution in [2.24, 2.45) is 5.73 Å². The zero-order valence-corrected chi connectivity index (χ0v) is 9.49. The van der Waals surface area contributed by atoms with Crippen molar-refractivity contribution in [3.8, 4) is 0 Å². The first-order valence-electron chi connectivity index (χ1n) is 3.17. The number of allylic oxidation sites excluding steroid dienone is 1. The third kappa shape index (κ3) is 12.9. The second-order valence-corrected chi connectivity index (χ2v) is 3.37. The Morgan fingerprint density at radius 2 is 2.08 bits per heavy atom. The van der Waals surface area contributed by atoms with Crippen LogP contribution < -0.4 is 11.1 Å². The summed E-state index contributed by atoms with van der Waals surface area (Å²) in [5, 5.41) is 3.14. The van der Waals surface area contributed by atoms with Gasteiger partial charge >= 0.3 is 0 Å². The van der Waals surface area contributed by atoms with Gasteiger partial charge in [-0.2, -0.15) is 0 Å². The summed E-state index contributed by atoms with van der Waals surface area (Å²) >= 11 is 15.3. The highest BCUT2D eigenvalue weighted by atomic mass is 35.5. The van der Waals surface area contributed by atoms with Crippen molar-refractivity contribution in [2.45, 2.75) is 12.8 Å². The minimum atomic E-state index is 0. The lowest BCUT2D eigenvalue weighted by Gasteiger charge is -1.99. The standard InChI is InChI=1S/C6H10Cl2N2S.ClH/c7-5(8)3-1-2-4-10-6(9)11;/h3H,1-2,4H2,(H3,9,10,11);1H. The van der Waals surface area contributed by atoms with Gasteiger partial charge in [0, 0.05) is 6.54 Å². The highest BCUT2D eigenvalue weighted by molar-refractivity contribution is 7.80. The maximum atomic E-state index is 5.37. The summed E-state index contributed by atoms with van der Waals surface area (Å²) in [7, 11) is 0. The molecule has 2 nitrogen and oxygen atoms in total. The molecule has 0 aromatic rings. The first kappa shape index (κ1) is 14.8. The molecule has 0 rings (SSSR count). The molecule has 12 heavy (non-hydrogen) atoms. The van der Waals surface area contributed by atoms with Crippen LogP contribution in [0.1, 0.15) is 12.8 Å². The van der Waals surface area contributed by atoms with Gasteiger partial charge in [-0.3, -0.25) is 0 Å². The highest BCUT2D eigenvalue weighted by Crippen LogP contribution is 2.07. The van der Waals surface area contributed by atoms with Gasteiger partial charge < -0.3 is 11.1 Å². The van der Waals surface area contributed by atoms with Crippen LogP contribution >= 0.6 is 47.8 Å². The van der Waals surface area contributed by atoms with E-state index in [4.69, 9.17) is 28.9 Å². The van der Waals surface area contributed by atoms with Gasteiger partial charge in [0.1, 0.15) is 4.49 Å². The number of unbranched alkanes of at least 4 members (excludes halogenated alkanes) is 1. The van der Waals surface area contributed by atoms with Crippen molar-refractivity contribution in [3.05, 3.63) is 10.6 Å². The molecule has 72 valence electrons. The van der Waals surface area contributed by atoms with E-state index in [0.717, 1.165) is 19.4 Å². The number of nitrogens with one attached hydrogen (secondary N) is 1. The van der Waals surface area contributed by atoms with Crippen LogP contribution in [-0.2, 0) is 0 Å². The van der Waals surface area contributed by atoms with Crippen LogP contribution in [0.5, 0.6) is 0 Å². The predicted molar refractivity (Wildman–Crippen MR) is 61.1 cm³/mol.